The Kier molecular flexibility index (Phi) is 11.5. The van der Waals surface area contributed by atoms with Gasteiger partial charge in [-0.15, -0.1) is 24.0 Å². The minimum Gasteiger partial charge on any atom is -0.357 e. The first kappa shape index (κ1) is 21.0. The molecular formula is C16H35IN4. The van der Waals surface area contributed by atoms with E-state index in [0.29, 0.717) is 12.1 Å². The predicted molar refractivity (Wildman–Crippen MR) is 104 cm³/mol. The van der Waals surface area contributed by atoms with Gasteiger partial charge >= 0.3 is 0 Å². The molecule has 1 heterocycles. The van der Waals surface area contributed by atoms with Gasteiger partial charge in [0.25, 0.3) is 0 Å². The Bertz CT molecular complexity index is 294. The van der Waals surface area contributed by atoms with E-state index >= 15 is 0 Å². The highest BCUT2D eigenvalue weighted by atomic mass is 127. The Hall–Kier alpha value is -0.0400. The number of nitrogens with one attached hydrogen (secondary N) is 2. The van der Waals surface area contributed by atoms with Crippen molar-refractivity contribution in [3.8, 4) is 0 Å². The maximum atomic E-state index is 4.79. The number of hydrogen-bond donors (Lipinski definition) is 2. The van der Waals surface area contributed by atoms with Gasteiger partial charge in [0.05, 0.1) is 6.54 Å². The lowest BCUT2D eigenvalue weighted by molar-refractivity contribution is 0.231. The third kappa shape index (κ3) is 8.24. The van der Waals surface area contributed by atoms with Gasteiger partial charge in [0.15, 0.2) is 5.96 Å². The average Bonchev–Trinajstić information content (AvgIpc) is 2.82. The molecule has 5 heteroatoms. The Morgan fingerprint density at radius 1 is 1.29 bits per heavy atom. The van der Waals surface area contributed by atoms with E-state index in [2.05, 4.69) is 50.2 Å². The van der Waals surface area contributed by atoms with Crippen LogP contribution >= 0.6 is 24.0 Å². The molecule has 4 nitrogen and oxygen atoms in total. The van der Waals surface area contributed by atoms with Crippen LogP contribution in [-0.2, 0) is 0 Å². The van der Waals surface area contributed by atoms with E-state index in [1.165, 1.54) is 25.9 Å². The van der Waals surface area contributed by atoms with Crippen LogP contribution in [0.5, 0.6) is 0 Å². The molecule has 0 saturated carbocycles. The molecule has 0 aromatic carbocycles. The van der Waals surface area contributed by atoms with Crippen molar-refractivity contribution >= 4 is 29.9 Å². The van der Waals surface area contributed by atoms with Gasteiger partial charge in [-0.2, -0.15) is 0 Å². The normalized spacial score (nSPS) is 21.2. The lowest BCUT2D eigenvalue weighted by Gasteiger charge is -2.25. The van der Waals surface area contributed by atoms with Crippen molar-refractivity contribution in [2.75, 3.05) is 26.2 Å². The van der Waals surface area contributed by atoms with Gasteiger partial charge < -0.3 is 10.6 Å². The summed E-state index contributed by atoms with van der Waals surface area (Å²) in [5.41, 5.74) is 0. The summed E-state index contributed by atoms with van der Waals surface area (Å²) in [6, 6.07) is 1.10. The van der Waals surface area contributed by atoms with E-state index in [9.17, 15) is 0 Å². The Labute approximate surface area is 148 Å². The topological polar surface area (TPSA) is 39.7 Å². The Balaban J connectivity index is 0.00000400. The fraction of sp³-hybridized carbons (Fsp3) is 0.938. The van der Waals surface area contributed by atoms with Gasteiger partial charge in [0, 0.05) is 25.2 Å². The Morgan fingerprint density at radius 3 is 2.57 bits per heavy atom. The summed E-state index contributed by atoms with van der Waals surface area (Å²) in [6.07, 6.45) is 3.73. The Morgan fingerprint density at radius 2 is 2.00 bits per heavy atom. The molecule has 0 radical (unpaired) electrons. The summed E-state index contributed by atoms with van der Waals surface area (Å²) >= 11 is 0. The standard InChI is InChI=1S/C16H34N4.HI/c1-6-14(5)19-16(17-7-2)18-11-15-9-8-10-20(15)12-13(3)4;/h13-15H,6-12H2,1-5H3,(H2,17,18,19);1H/t14?,15-;/m1./s1. The molecule has 1 aliphatic heterocycles. The first-order valence-corrected chi connectivity index (χ1v) is 8.35. The zero-order valence-electron chi connectivity index (χ0n) is 14.5. The van der Waals surface area contributed by atoms with E-state index in [-0.39, 0.29) is 24.0 Å². The fourth-order valence-electron chi connectivity index (χ4n) is 2.66. The molecule has 0 aromatic heterocycles. The van der Waals surface area contributed by atoms with Crippen molar-refractivity contribution in [1.82, 2.24) is 15.5 Å². The first-order chi connectivity index (χ1) is 9.56. The van der Waals surface area contributed by atoms with Crippen molar-refractivity contribution in [1.29, 1.82) is 0 Å². The minimum atomic E-state index is 0. The number of likely N-dealkylation sites (tertiary alicyclic amines) is 1. The van der Waals surface area contributed by atoms with Crippen LogP contribution < -0.4 is 10.6 Å². The average molecular weight is 410 g/mol. The van der Waals surface area contributed by atoms with Gasteiger partial charge in [0.2, 0.25) is 0 Å². The number of guanidine groups is 1. The quantitative estimate of drug-likeness (QED) is 0.385. The first-order valence-electron chi connectivity index (χ1n) is 8.35. The summed E-state index contributed by atoms with van der Waals surface area (Å²) in [4.78, 5) is 7.41. The van der Waals surface area contributed by atoms with Crippen LogP contribution in [0.15, 0.2) is 4.99 Å². The molecule has 0 aromatic rings. The molecular weight excluding hydrogens is 375 g/mol. The van der Waals surface area contributed by atoms with Crippen molar-refractivity contribution in [3.63, 3.8) is 0 Å². The van der Waals surface area contributed by atoms with Gasteiger partial charge in [-0.3, -0.25) is 9.89 Å². The van der Waals surface area contributed by atoms with Crippen LogP contribution in [0.3, 0.4) is 0 Å². The third-order valence-corrected chi connectivity index (χ3v) is 3.90. The zero-order valence-corrected chi connectivity index (χ0v) is 16.8. The predicted octanol–water partition coefficient (Wildman–Crippen LogP) is 3.08. The summed E-state index contributed by atoms with van der Waals surface area (Å²) < 4.78 is 0. The molecule has 1 rings (SSSR count). The van der Waals surface area contributed by atoms with E-state index in [1.54, 1.807) is 0 Å². The summed E-state index contributed by atoms with van der Waals surface area (Å²) in [5.74, 6) is 1.71. The third-order valence-electron chi connectivity index (χ3n) is 3.90. The molecule has 1 saturated heterocycles. The lowest BCUT2D eigenvalue weighted by atomic mass is 10.2. The molecule has 0 amide bonds. The largest absolute Gasteiger partial charge is 0.357 e. The molecule has 2 N–H and O–H groups in total. The van der Waals surface area contributed by atoms with E-state index in [0.717, 1.165) is 31.4 Å². The second-order valence-corrected chi connectivity index (χ2v) is 6.36. The van der Waals surface area contributed by atoms with Crippen LogP contribution in [0.4, 0.5) is 0 Å². The van der Waals surface area contributed by atoms with Crippen LogP contribution in [0.2, 0.25) is 0 Å². The highest BCUT2D eigenvalue weighted by Gasteiger charge is 2.24. The molecule has 126 valence electrons. The van der Waals surface area contributed by atoms with Crippen LogP contribution in [0.25, 0.3) is 0 Å². The highest BCUT2D eigenvalue weighted by molar-refractivity contribution is 14.0. The monoisotopic (exact) mass is 410 g/mol. The van der Waals surface area contributed by atoms with Gasteiger partial charge in [0.1, 0.15) is 0 Å². The second-order valence-electron chi connectivity index (χ2n) is 6.36. The zero-order chi connectivity index (χ0) is 15.0. The molecule has 0 aliphatic carbocycles. The molecule has 0 spiro atoms. The summed E-state index contributed by atoms with van der Waals surface area (Å²) in [5, 5.41) is 6.82. The maximum absolute atomic E-state index is 4.79. The SMILES string of the molecule is CCNC(=NC[C@H]1CCCN1CC(C)C)NC(C)CC.I. The highest BCUT2D eigenvalue weighted by Crippen LogP contribution is 2.18. The molecule has 2 atom stereocenters. The molecule has 1 aliphatic rings. The number of hydrogen-bond acceptors (Lipinski definition) is 2. The van der Waals surface area contributed by atoms with Crippen molar-refractivity contribution < 1.29 is 0 Å². The number of halogens is 1. The van der Waals surface area contributed by atoms with Crippen molar-refractivity contribution in [3.05, 3.63) is 0 Å². The van der Waals surface area contributed by atoms with E-state index in [1.807, 2.05) is 0 Å². The molecule has 1 fully saturated rings. The lowest BCUT2D eigenvalue weighted by Crippen LogP contribution is -2.43. The number of rotatable bonds is 7. The molecule has 0 bridgehead atoms. The van der Waals surface area contributed by atoms with Crippen molar-refractivity contribution in [2.24, 2.45) is 10.9 Å². The maximum Gasteiger partial charge on any atom is 0.191 e. The van der Waals surface area contributed by atoms with Gasteiger partial charge in [-0.05, 0) is 45.6 Å². The van der Waals surface area contributed by atoms with Crippen molar-refractivity contribution in [2.45, 2.75) is 66.0 Å². The summed E-state index contributed by atoms with van der Waals surface area (Å²) in [7, 11) is 0. The smallest absolute Gasteiger partial charge is 0.191 e. The second kappa shape index (κ2) is 11.5. The van der Waals surface area contributed by atoms with Crippen LogP contribution in [-0.4, -0.2) is 49.1 Å². The van der Waals surface area contributed by atoms with E-state index in [4.69, 9.17) is 4.99 Å². The summed E-state index contributed by atoms with van der Waals surface area (Å²) in [6.45, 7) is 15.4. The number of aliphatic imine (C=N–C) groups is 1. The number of nitrogens with zero attached hydrogens (tertiary/aromatic N) is 2. The molecule has 1 unspecified atom stereocenters. The van der Waals surface area contributed by atoms with Gasteiger partial charge in [-0.25, -0.2) is 0 Å². The van der Waals surface area contributed by atoms with Gasteiger partial charge in [-0.1, -0.05) is 20.8 Å². The fourth-order valence-corrected chi connectivity index (χ4v) is 2.66. The molecule has 21 heavy (non-hydrogen) atoms. The van der Waals surface area contributed by atoms with Crippen LogP contribution in [0, 0.1) is 5.92 Å². The minimum absolute atomic E-state index is 0. The van der Waals surface area contributed by atoms with Crippen LogP contribution in [0.1, 0.15) is 53.9 Å². The van der Waals surface area contributed by atoms with E-state index < -0.39 is 0 Å².